The Morgan fingerprint density at radius 2 is 2.16 bits per heavy atom. The Morgan fingerprint density at radius 3 is 2.79 bits per heavy atom. The molecule has 0 radical (unpaired) electrons. The molecule has 2 rings (SSSR count). The summed E-state index contributed by atoms with van der Waals surface area (Å²) >= 11 is 0. The Kier molecular flexibility index (Phi) is 4.81. The molecule has 1 fully saturated rings. The van der Waals surface area contributed by atoms with Crippen LogP contribution in [0.4, 0.5) is 5.69 Å². The van der Waals surface area contributed by atoms with Gasteiger partial charge in [0.1, 0.15) is 0 Å². The van der Waals surface area contributed by atoms with Crippen LogP contribution in [0.3, 0.4) is 0 Å². The minimum absolute atomic E-state index is 0.589. The van der Waals surface area contributed by atoms with Crippen LogP contribution in [-0.2, 0) is 0 Å². The van der Waals surface area contributed by atoms with Crippen molar-refractivity contribution in [3.8, 4) is 0 Å². The summed E-state index contributed by atoms with van der Waals surface area (Å²) in [4.78, 5) is 7.11. The highest BCUT2D eigenvalue weighted by atomic mass is 15.2. The van der Waals surface area contributed by atoms with Crippen LogP contribution in [0, 0.1) is 13.8 Å². The monoisotopic (exact) mass is 261 g/mol. The Labute approximate surface area is 117 Å². The second-order valence-electron chi connectivity index (χ2n) is 5.78. The van der Waals surface area contributed by atoms with Gasteiger partial charge in [-0.3, -0.25) is 4.98 Å². The van der Waals surface area contributed by atoms with Gasteiger partial charge in [-0.25, -0.2) is 0 Å². The maximum Gasteiger partial charge on any atom is 0.0609 e. The first-order chi connectivity index (χ1) is 9.11. The van der Waals surface area contributed by atoms with Crippen molar-refractivity contribution in [1.29, 1.82) is 0 Å². The second kappa shape index (κ2) is 6.38. The third-order valence-electron chi connectivity index (χ3n) is 4.07. The van der Waals surface area contributed by atoms with E-state index in [0.717, 1.165) is 24.5 Å². The minimum atomic E-state index is 0.589. The van der Waals surface area contributed by atoms with E-state index in [2.05, 4.69) is 55.0 Å². The number of aromatic nitrogens is 1. The lowest BCUT2D eigenvalue weighted by Crippen LogP contribution is -2.48. The van der Waals surface area contributed by atoms with E-state index in [1.807, 2.05) is 0 Å². The molecule has 2 unspecified atom stereocenters. The van der Waals surface area contributed by atoms with E-state index >= 15 is 0 Å². The molecular formula is C16H27N3. The van der Waals surface area contributed by atoms with Crippen LogP contribution in [0.5, 0.6) is 0 Å². The predicted molar refractivity (Wildman–Crippen MR) is 81.8 cm³/mol. The molecule has 0 aromatic carbocycles. The quantitative estimate of drug-likeness (QED) is 0.903. The molecule has 1 aromatic heterocycles. The molecule has 2 heterocycles. The molecule has 0 bridgehead atoms. The van der Waals surface area contributed by atoms with Crippen LogP contribution in [0.1, 0.15) is 44.5 Å². The van der Waals surface area contributed by atoms with Gasteiger partial charge in [-0.2, -0.15) is 0 Å². The number of rotatable bonds is 4. The van der Waals surface area contributed by atoms with Gasteiger partial charge in [0.05, 0.1) is 11.4 Å². The van der Waals surface area contributed by atoms with Crippen molar-refractivity contribution in [1.82, 2.24) is 10.3 Å². The van der Waals surface area contributed by atoms with Crippen LogP contribution >= 0.6 is 0 Å². The summed E-state index contributed by atoms with van der Waals surface area (Å²) in [7, 11) is 0. The molecule has 1 N–H and O–H groups in total. The number of pyridine rings is 1. The van der Waals surface area contributed by atoms with Crippen LogP contribution in [0.2, 0.25) is 0 Å². The highest BCUT2D eigenvalue weighted by Crippen LogP contribution is 2.27. The first-order valence-electron chi connectivity index (χ1n) is 7.56. The van der Waals surface area contributed by atoms with E-state index in [1.165, 1.54) is 24.9 Å². The van der Waals surface area contributed by atoms with Crippen LogP contribution in [0.15, 0.2) is 12.1 Å². The van der Waals surface area contributed by atoms with Crippen molar-refractivity contribution in [3.05, 3.63) is 23.5 Å². The summed E-state index contributed by atoms with van der Waals surface area (Å²) in [5.41, 5.74) is 3.58. The molecule has 19 heavy (non-hydrogen) atoms. The normalized spacial score (nSPS) is 23.7. The Hall–Kier alpha value is -1.09. The summed E-state index contributed by atoms with van der Waals surface area (Å²) in [6.07, 6.45) is 3.68. The summed E-state index contributed by atoms with van der Waals surface area (Å²) in [5, 5.41) is 3.66. The minimum Gasteiger partial charge on any atom is -0.367 e. The fourth-order valence-corrected chi connectivity index (χ4v) is 3.05. The second-order valence-corrected chi connectivity index (χ2v) is 5.78. The number of anilines is 1. The van der Waals surface area contributed by atoms with Crippen molar-refractivity contribution < 1.29 is 0 Å². The summed E-state index contributed by atoms with van der Waals surface area (Å²) in [5.74, 6) is 0. The third-order valence-corrected chi connectivity index (χ3v) is 4.07. The van der Waals surface area contributed by atoms with Gasteiger partial charge in [0.2, 0.25) is 0 Å². The standard InChI is InChI=1S/C16H27N3/c1-5-9-17-15-8-10-19(13(3)11-15)16-7-6-12(2)18-14(16)4/h6-7,13,15,17H,5,8-11H2,1-4H3. The maximum absolute atomic E-state index is 4.59. The Balaban J connectivity index is 2.03. The van der Waals surface area contributed by atoms with Crippen LogP contribution in [0.25, 0.3) is 0 Å². The van der Waals surface area contributed by atoms with Crippen LogP contribution < -0.4 is 10.2 Å². The van der Waals surface area contributed by atoms with E-state index in [4.69, 9.17) is 0 Å². The van der Waals surface area contributed by atoms with Crippen molar-refractivity contribution >= 4 is 5.69 Å². The lowest BCUT2D eigenvalue weighted by molar-refractivity contribution is 0.368. The van der Waals surface area contributed by atoms with Gasteiger partial charge in [-0.1, -0.05) is 6.92 Å². The van der Waals surface area contributed by atoms with Gasteiger partial charge in [-0.15, -0.1) is 0 Å². The molecule has 1 saturated heterocycles. The van der Waals surface area contributed by atoms with E-state index in [0.29, 0.717) is 12.1 Å². The largest absolute Gasteiger partial charge is 0.367 e. The average molecular weight is 261 g/mol. The van der Waals surface area contributed by atoms with Gasteiger partial charge < -0.3 is 10.2 Å². The fourth-order valence-electron chi connectivity index (χ4n) is 3.05. The first kappa shape index (κ1) is 14.3. The highest BCUT2D eigenvalue weighted by Gasteiger charge is 2.26. The van der Waals surface area contributed by atoms with E-state index in [-0.39, 0.29) is 0 Å². The van der Waals surface area contributed by atoms with Gasteiger partial charge in [-0.05, 0) is 58.7 Å². The SMILES string of the molecule is CCCNC1CCN(c2ccc(C)nc2C)C(C)C1. The molecule has 0 saturated carbocycles. The van der Waals surface area contributed by atoms with Crippen molar-refractivity contribution in [3.63, 3.8) is 0 Å². The smallest absolute Gasteiger partial charge is 0.0609 e. The topological polar surface area (TPSA) is 28.2 Å². The van der Waals surface area contributed by atoms with Crippen molar-refractivity contribution in [2.24, 2.45) is 0 Å². The highest BCUT2D eigenvalue weighted by molar-refractivity contribution is 5.52. The molecule has 1 aromatic rings. The van der Waals surface area contributed by atoms with E-state index in [9.17, 15) is 0 Å². The van der Waals surface area contributed by atoms with E-state index < -0.39 is 0 Å². The first-order valence-corrected chi connectivity index (χ1v) is 7.56. The third kappa shape index (κ3) is 3.47. The maximum atomic E-state index is 4.59. The number of piperidine rings is 1. The Morgan fingerprint density at radius 1 is 1.37 bits per heavy atom. The number of nitrogens with zero attached hydrogens (tertiary/aromatic N) is 2. The molecule has 0 spiro atoms. The van der Waals surface area contributed by atoms with Gasteiger partial charge in [0.15, 0.2) is 0 Å². The van der Waals surface area contributed by atoms with E-state index in [1.54, 1.807) is 0 Å². The molecule has 3 nitrogen and oxygen atoms in total. The summed E-state index contributed by atoms with van der Waals surface area (Å²) in [6, 6.07) is 5.63. The summed E-state index contributed by atoms with van der Waals surface area (Å²) in [6.45, 7) is 11.0. The molecular weight excluding hydrogens is 234 g/mol. The van der Waals surface area contributed by atoms with Crippen molar-refractivity contribution in [2.75, 3.05) is 18.0 Å². The van der Waals surface area contributed by atoms with Gasteiger partial charge in [0, 0.05) is 24.3 Å². The molecule has 106 valence electrons. The molecule has 2 atom stereocenters. The molecule has 1 aliphatic heterocycles. The Bertz CT molecular complexity index is 416. The number of hydrogen-bond acceptors (Lipinski definition) is 3. The number of hydrogen-bond donors (Lipinski definition) is 1. The molecule has 1 aliphatic rings. The van der Waals surface area contributed by atoms with Gasteiger partial charge in [0.25, 0.3) is 0 Å². The molecule has 3 heteroatoms. The molecule has 0 aliphatic carbocycles. The number of aryl methyl sites for hydroxylation is 2. The fraction of sp³-hybridized carbons (Fsp3) is 0.688. The zero-order valence-corrected chi connectivity index (χ0v) is 12.7. The lowest BCUT2D eigenvalue weighted by Gasteiger charge is -2.40. The van der Waals surface area contributed by atoms with Crippen molar-refractivity contribution in [2.45, 2.75) is 59.0 Å². The zero-order valence-electron chi connectivity index (χ0n) is 12.7. The lowest BCUT2D eigenvalue weighted by atomic mass is 9.97. The summed E-state index contributed by atoms with van der Waals surface area (Å²) < 4.78 is 0. The predicted octanol–water partition coefficient (Wildman–Crippen LogP) is 3.06. The number of nitrogens with one attached hydrogen (secondary N) is 1. The van der Waals surface area contributed by atoms with Gasteiger partial charge >= 0.3 is 0 Å². The average Bonchev–Trinajstić information content (AvgIpc) is 2.37. The zero-order chi connectivity index (χ0) is 13.8. The molecule has 0 amide bonds. The van der Waals surface area contributed by atoms with Crippen LogP contribution in [-0.4, -0.2) is 30.2 Å².